The lowest BCUT2D eigenvalue weighted by molar-refractivity contribution is -0.298. The van der Waals surface area contributed by atoms with Gasteiger partial charge in [0.25, 0.3) is 0 Å². The molecule has 0 aromatic heterocycles. The van der Waals surface area contributed by atoms with Crippen molar-refractivity contribution < 1.29 is 51.8 Å². The molecule has 0 spiro atoms. The molecule has 1 aliphatic heterocycles. The van der Waals surface area contributed by atoms with Crippen LogP contribution in [0.5, 0.6) is 0 Å². The van der Waals surface area contributed by atoms with Gasteiger partial charge in [-0.1, -0.05) is 161 Å². The zero-order valence-corrected chi connectivity index (χ0v) is 33.2. The third-order valence-electron chi connectivity index (χ3n) is 9.82. The van der Waals surface area contributed by atoms with E-state index in [9.17, 15) is 33.6 Å². The summed E-state index contributed by atoms with van der Waals surface area (Å²) >= 11 is 0. The minimum absolute atomic E-state index is 0.266. The van der Waals surface area contributed by atoms with E-state index in [-0.39, 0.29) is 18.9 Å². The fraction of sp³-hybridized carbons (Fsp3) is 0.923. The van der Waals surface area contributed by atoms with Gasteiger partial charge in [-0.3, -0.25) is 9.35 Å². The Labute approximate surface area is 315 Å². The minimum atomic E-state index is -5.07. The third kappa shape index (κ3) is 24.3. The van der Waals surface area contributed by atoms with E-state index in [0.29, 0.717) is 6.42 Å². The van der Waals surface area contributed by atoms with Gasteiger partial charge in [0.2, 0.25) is 5.91 Å². The second-order valence-corrected chi connectivity index (χ2v) is 15.6. The lowest BCUT2D eigenvalue weighted by atomic mass is 9.99. The molecule has 7 unspecified atom stereocenters. The first-order chi connectivity index (χ1) is 25.0. The lowest BCUT2D eigenvalue weighted by Crippen LogP contribution is -2.61. The zero-order chi connectivity index (χ0) is 38.5. The summed E-state index contributed by atoms with van der Waals surface area (Å²) in [5.74, 6) is -0.266. The predicted molar refractivity (Wildman–Crippen MR) is 204 cm³/mol. The molecular weight excluding hydrogens is 690 g/mol. The molecule has 0 saturated carbocycles. The maximum Gasteiger partial charge on any atom is 0.397 e. The van der Waals surface area contributed by atoms with Gasteiger partial charge in [-0.25, -0.2) is 4.18 Å². The van der Waals surface area contributed by atoms with E-state index < -0.39 is 59.9 Å². The van der Waals surface area contributed by atoms with Crippen LogP contribution in [0, 0.1) is 0 Å². The topological polar surface area (TPSA) is 192 Å². The van der Waals surface area contributed by atoms with Gasteiger partial charge in [0.05, 0.1) is 25.4 Å². The number of aliphatic hydroxyl groups is 4. The second kappa shape index (κ2) is 31.1. The van der Waals surface area contributed by atoms with Crippen LogP contribution in [0.2, 0.25) is 0 Å². The number of aliphatic hydroxyl groups excluding tert-OH is 4. The quantitative estimate of drug-likeness (QED) is 0.0229. The Bertz CT molecular complexity index is 999. The van der Waals surface area contributed by atoms with Gasteiger partial charge in [-0.2, -0.15) is 8.42 Å². The van der Waals surface area contributed by atoms with Crippen molar-refractivity contribution in [2.75, 3.05) is 13.2 Å². The molecule has 0 aliphatic carbocycles. The summed E-state index contributed by atoms with van der Waals surface area (Å²) in [5.41, 5.74) is 0. The highest BCUT2D eigenvalue weighted by Gasteiger charge is 2.48. The van der Waals surface area contributed by atoms with Crippen molar-refractivity contribution in [1.82, 2.24) is 5.32 Å². The summed E-state index contributed by atoms with van der Waals surface area (Å²) in [6.07, 6.45) is 22.7. The van der Waals surface area contributed by atoms with Crippen LogP contribution in [0.1, 0.15) is 174 Å². The van der Waals surface area contributed by atoms with Gasteiger partial charge in [-0.05, 0) is 19.3 Å². The molecule has 7 atom stereocenters. The van der Waals surface area contributed by atoms with E-state index in [1.165, 1.54) is 109 Å². The van der Waals surface area contributed by atoms with Crippen LogP contribution < -0.4 is 5.32 Å². The molecule has 308 valence electrons. The number of amides is 1. The van der Waals surface area contributed by atoms with Crippen molar-refractivity contribution >= 4 is 16.3 Å². The molecular formula is C39H75NO11S. The van der Waals surface area contributed by atoms with E-state index in [1.54, 1.807) is 6.08 Å². The largest absolute Gasteiger partial charge is 0.397 e. The molecule has 0 aromatic carbocycles. The van der Waals surface area contributed by atoms with Gasteiger partial charge in [-0.15, -0.1) is 0 Å². The summed E-state index contributed by atoms with van der Waals surface area (Å²) in [6, 6.07) is -0.935. The molecule has 1 aliphatic rings. The van der Waals surface area contributed by atoms with Crippen molar-refractivity contribution in [3.63, 3.8) is 0 Å². The molecule has 6 N–H and O–H groups in total. The van der Waals surface area contributed by atoms with Crippen LogP contribution in [-0.2, 0) is 28.9 Å². The summed E-state index contributed by atoms with van der Waals surface area (Å²) in [5, 5.41) is 44.5. The summed E-state index contributed by atoms with van der Waals surface area (Å²) in [4.78, 5) is 12.9. The number of nitrogens with one attached hydrogen (secondary N) is 1. The average molecular weight is 766 g/mol. The average Bonchev–Trinajstić information content (AvgIpc) is 3.11. The van der Waals surface area contributed by atoms with Gasteiger partial charge >= 0.3 is 10.4 Å². The van der Waals surface area contributed by atoms with Gasteiger partial charge in [0.1, 0.15) is 24.4 Å². The number of carbonyl (C=O) groups excluding carboxylic acids is 1. The van der Waals surface area contributed by atoms with Crippen molar-refractivity contribution in [2.45, 2.75) is 217 Å². The number of rotatable bonds is 34. The van der Waals surface area contributed by atoms with Crippen LogP contribution in [0.15, 0.2) is 12.2 Å². The van der Waals surface area contributed by atoms with Crippen molar-refractivity contribution in [1.29, 1.82) is 0 Å². The highest BCUT2D eigenvalue weighted by atomic mass is 32.3. The van der Waals surface area contributed by atoms with Crippen LogP contribution in [0.3, 0.4) is 0 Å². The van der Waals surface area contributed by atoms with Crippen LogP contribution in [-0.4, -0.2) is 95.4 Å². The first-order valence-corrected chi connectivity index (χ1v) is 21.9. The Morgan fingerprint density at radius 2 is 1.21 bits per heavy atom. The maximum atomic E-state index is 12.9. The number of hydrogen-bond acceptors (Lipinski definition) is 10. The predicted octanol–water partition coefficient (Wildman–Crippen LogP) is 6.82. The number of allylic oxidation sites excluding steroid dienone is 1. The molecule has 0 aromatic rings. The summed E-state index contributed by atoms with van der Waals surface area (Å²) in [6.45, 7) is 3.34. The normalized spacial score (nSPS) is 22.2. The Hall–Kier alpha value is -1.16. The van der Waals surface area contributed by atoms with Crippen LogP contribution in [0.25, 0.3) is 0 Å². The standard InChI is InChI=1S/C39H75NO11S/c1-3-5-7-9-11-13-14-15-16-17-18-19-21-22-24-26-28-33(42)32(40-35(43)29-27-25-23-20-12-10-8-6-4-2)31-49-39-37(45)38(51-52(46,47)48)36(44)34(30-41)50-39/h26,28,32-34,36-39,41-42,44-45H,3-25,27,29-31H2,1-2H3,(H,40,43)(H,46,47,48)/b28-26+. The highest BCUT2D eigenvalue weighted by Crippen LogP contribution is 2.26. The Morgan fingerprint density at radius 1 is 0.750 bits per heavy atom. The molecule has 52 heavy (non-hydrogen) atoms. The molecule has 0 radical (unpaired) electrons. The second-order valence-electron chi connectivity index (χ2n) is 14.6. The Kier molecular flexibility index (Phi) is 29.2. The Morgan fingerprint density at radius 3 is 1.67 bits per heavy atom. The number of hydrogen-bond donors (Lipinski definition) is 6. The molecule has 0 bridgehead atoms. The molecule has 13 heteroatoms. The highest BCUT2D eigenvalue weighted by molar-refractivity contribution is 7.80. The van der Waals surface area contributed by atoms with Gasteiger partial charge < -0.3 is 35.2 Å². The van der Waals surface area contributed by atoms with E-state index in [1.807, 2.05) is 6.08 Å². The van der Waals surface area contributed by atoms with E-state index in [4.69, 9.17) is 14.0 Å². The maximum absolute atomic E-state index is 12.9. The van der Waals surface area contributed by atoms with Gasteiger partial charge in [0, 0.05) is 6.42 Å². The Balaban J connectivity index is 2.58. The van der Waals surface area contributed by atoms with Crippen LogP contribution >= 0.6 is 0 Å². The molecule has 1 heterocycles. The lowest BCUT2D eigenvalue weighted by Gasteiger charge is -2.41. The fourth-order valence-corrected chi connectivity index (χ4v) is 7.08. The number of carbonyl (C=O) groups is 1. The molecule has 1 amide bonds. The molecule has 12 nitrogen and oxygen atoms in total. The summed E-state index contributed by atoms with van der Waals surface area (Å²) in [7, 11) is -5.07. The zero-order valence-electron chi connectivity index (χ0n) is 32.4. The number of ether oxygens (including phenoxy) is 2. The van der Waals surface area contributed by atoms with Crippen molar-refractivity contribution in [3.05, 3.63) is 12.2 Å². The third-order valence-corrected chi connectivity index (χ3v) is 10.3. The molecule has 1 rings (SSSR count). The summed E-state index contributed by atoms with van der Waals surface area (Å²) < 4.78 is 47.4. The van der Waals surface area contributed by atoms with Crippen LogP contribution in [0.4, 0.5) is 0 Å². The molecule has 1 saturated heterocycles. The SMILES string of the molecule is CCCCCCCCCCCCCCCC/C=C/C(O)C(COC1OC(CO)C(O)C(OS(=O)(=O)O)C1O)NC(=O)CCCCCCCCCCC. The monoisotopic (exact) mass is 766 g/mol. The minimum Gasteiger partial charge on any atom is -0.394 e. The van der Waals surface area contributed by atoms with Gasteiger partial charge in [0.15, 0.2) is 6.29 Å². The first-order valence-electron chi connectivity index (χ1n) is 20.6. The van der Waals surface area contributed by atoms with Crippen molar-refractivity contribution in [2.24, 2.45) is 0 Å². The van der Waals surface area contributed by atoms with E-state index in [0.717, 1.165) is 38.5 Å². The smallest absolute Gasteiger partial charge is 0.394 e. The van der Waals surface area contributed by atoms with Crippen molar-refractivity contribution in [3.8, 4) is 0 Å². The first kappa shape index (κ1) is 48.9. The fourth-order valence-electron chi connectivity index (χ4n) is 6.57. The van der Waals surface area contributed by atoms with E-state index >= 15 is 0 Å². The van der Waals surface area contributed by atoms with E-state index in [2.05, 4.69) is 23.3 Å². The molecule has 1 fully saturated rings. The number of unbranched alkanes of at least 4 members (excludes halogenated alkanes) is 22.